The van der Waals surface area contributed by atoms with E-state index in [0.29, 0.717) is 0 Å². The second kappa shape index (κ2) is 11.8. The molecule has 2 rings (SSSR count). The van der Waals surface area contributed by atoms with Gasteiger partial charge < -0.3 is 41.7 Å². The molecule has 20 heavy (non-hydrogen) atoms. The number of furan rings is 2. The van der Waals surface area contributed by atoms with E-state index in [0.717, 1.165) is 0 Å². The minimum atomic E-state index is -3.15. The number of hydrogen-bond acceptors (Lipinski definition) is 8. The van der Waals surface area contributed by atoms with E-state index in [2.05, 4.69) is 17.7 Å². The molecule has 2 aromatic rings. The normalized spacial score (nSPS) is 8.00. The van der Waals surface area contributed by atoms with Crippen molar-refractivity contribution in [1.82, 2.24) is 0 Å². The molecule has 9 nitrogen and oxygen atoms in total. The van der Waals surface area contributed by atoms with Crippen molar-refractivity contribution in [1.29, 1.82) is 0 Å². The van der Waals surface area contributed by atoms with E-state index in [4.69, 9.17) is 0 Å². The molecule has 104 valence electrons. The summed E-state index contributed by atoms with van der Waals surface area (Å²) in [6.45, 7) is 0. The Labute approximate surface area is 145 Å². The van der Waals surface area contributed by atoms with Gasteiger partial charge in [-0.3, -0.25) is 0 Å². The summed E-state index contributed by atoms with van der Waals surface area (Å²) in [4.78, 5) is 19.7. The summed E-state index contributed by atoms with van der Waals surface area (Å²) in [6, 6.07) is 5.92. The van der Waals surface area contributed by atoms with Gasteiger partial charge in [-0.25, -0.2) is 0 Å². The summed E-state index contributed by atoms with van der Waals surface area (Å²) in [5, 5.41) is 0. The molecule has 0 aliphatic rings. The Morgan fingerprint density at radius 1 is 0.900 bits per heavy atom. The molecule has 0 aliphatic carbocycles. The predicted octanol–water partition coefficient (Wildman–Crippen LogP) is -2.34. The second-order valence-electron chi connectivity index (χ2n) is 2.57. The Morgan fingerprint density at radius 3 is 1.45 bits per heavy atom. The van der Waals surface area contributed by atoms with Crippen LogP contribution in [-0.2, 0) is 8.92 Å². The molecule has 2 heterocycles. The molecule has 0 aliphatic heterocycles. The van der Waals surface area contributed by atoms with Gasteiger partial charge >= 0.3 is 56.1 Å². The maximum Gasteiger partial charge on any atom is 2.00 e. The predicted molar refractivity (Wildman–Crippen MR) is 60.9 cm³/mol. The molecule has 0 fully saturated rings. The molecular weight excluding hydrogens is 336 g/mol. The van der Waals surface area contributed by atoms with E-state index in [-0.39, 0.29) is 55.1 Å². The van der Waals surface area contributed by atoms with Gasteiger partial charge in [-0.15, -0.1) is 0 Å². The van der Waals surface area contributed by atoms with Gasteiger partial charge in [-0.2, -0.15) is 0 Å². The average molecular weight is 344 g/mol. The van der Waals surface area contributed by atoms with Crippen molar-refractivity contribution in [2.24, 2.45) is 0 Å². The summed E-state index contributed by atoms with van der Waals surface area (Å²) in [5.74, 6) is 0.0165. The number of rotatable bonds is 4. The molecule has 0 bridgehead atoms. The first-order chi connectivity index (χ1) is 8.58. The molecule has 0 unspecified atom stereocenters. The van der Waals surface area contributed by atoms with Crippen LogP contribution in [0.25, 0.3) is 0 Å². The molecular formula is C8H8CaO9Si2. The molecule has 0 spiro atoms. The van der Waals surface area contributed by atoms with Crippen LogP contribution in [0.5, 0.6) is 11.9 Å². The quantitative estimate of drug-likeness (QED) is 0.558. The van der Waals surface area contributed by atoms with Crippen molar-refractivity contribution < 1.29 is 41.7 Å². The SMILES string of the molecule is O.O=[Si]([O-])Oc1ccco1.O=[Si]([O-])Oc1ccco1.[Ca+2]. The Kier molecular flexibility index (Phi) is 12.6. The van der Waals surface area contributed by atoms with Crippen LogP contribution in [0.4, 0.5) is 0 Å². The topological polar surface area (TPSA) is 156 Å². The molecule has 0 saturated heterocycles. The van der Waals surface area contributed by atoms with Crippen LogP contribution >= 0.6 is 0 Å². The van der Waals surface area contributed by atoms with Gasteiger partial charge in [0.25, 0.3) is 0 Å². The molecule has 0 aromatic carbocycles. The smallest absolute Gasteiger partial charge is 0.527 e. The van der Waals surface area contributed by atoms with Gasteiger partial charge in [0.1, 0.15) is 0 Å². The summed E-state index contributed by atoms with van der Waals surface area (Å²) >= 11 is 0. The van der Waals surface area contributed by atoms with E-state index in [9.17, 15) is 18.5 Å². The van der Waals surface area contributed by atoms with Crippen LogP contribution in [0, 0.1) is 0 Å². The Hall–Kier alpha value is -0.986. The van der Waals surface area contributed by atoms with Gasteiger partial charge in [-0.05, 0) is 12.1 Å². The van der Waals surface area contributed by atoms with Crippen molar-refractivity contribution in [2.45, 2.75) is 0 Å². The van der Waals surface area contributed by atoms with E-state index < -0.39 is 18.3 Å². The van der Waals surface area contributed by atoms with Crippen molar-refractivity contribution >= 4 is 56.1 Å². The zero-order valence-corrected chi connectivity index (χ0v) is 14.1. The molecule has 2 N–H and O–H groups in total. The fraction of sp³-hybridized carbons (Fsp3) is 0. The van der Waals surface area contributed by atoms with E-state index in [1.165, 1.54) is 24.7 Å². The van der Waals surface area contributed by atoms with Crippen LogP contribution in [0.3, 0.4) is 0 Å². The van der Waals surface area contributed by atoms with Gasteiger partial charge in [0, 0.05) is 12.1 Å². The molecule has 0 atom stereocenters. The van der Waals surface area contributed by atoms with Gasteiger partial charge in [0.05, 0.1) is 12.5 Å². The van der Waals surface area contributed by atoms with Gasteiger partial charge in [0.15, 0.2) is 0 Å². The first kappa shape index (κ1) is 21.3. The summed E-state index contributed by atoms with van der Waals surface area (Å²) in [6.07, 6.45) is 2.67. The Bertz CT molecular complexity index is 438. The van der Waals surface area contributed by atoms with Crippen molar-refractivity contribution in [3.8, 4) is 11.9 Å². The maximum absolute atomic E-state index is 9.86. The van der Waals surface area contributed by atoms with E-state index in [1.807, 2.05) is 0 Å². The largest absolute Gasteiger partial charge is 2.00 e. The third-order valence-corrected chi connectivity index (χ3v) is 2.09. The molecule has 2 aromatic heterocycles. The minimum absolute atomic E-state index is 0. The van der Waals surface area contributed by atoms with E-state index >= 15 is 0 Å². The standard InChI is InChI=1S/2C4H3O4Si.Ca.H2O/c2*5-9(6)8-4-2-1-3-7-4;;/h2*1-3H;;1H2/q2*-1;+2;. The zero-order chi connectivity index (χ0) is 13.4. The van der Waals surface area contributed by atoms with Gasteiger partial charge in [-0.1, -0.05) is 0 Å². The second-order valence-corrected chi connectivity index (χ2v) is 3.98. The van der Waals surface area contributed by atoms with E-state index in [1.54, 1.807) is 12.1 Å². The summed E-state index contributed by atoms with van der Waals surface area (Å²) < 4.78 is 37.2. The fourth-order valence-electron chi connectivity index (χ4n) is 0.807. The van der Waals surface area contributed by atoms with Crippen LogP contribution in [0.1, 0.15) is 0 Å². The first-order valence-electron chi connectivity index (χ1n) is 4.42. The molecule has 12 heteroatoms. The van der Waals surface area contributed by atoms with Crippen molar-refractivity contribution in [3.05, 3.63) is 36.8 Å². The summed E-state index contributed by atoms with van der Waals surface area (Å²) in [7, 11) is -6.30. The monoisotopic (exact) mass is 344 g/mol. The molecule has 0 amide bonds. The summed E-state index contributed by atoms with van der Waals surface area (Å²) in [5.41, 5.74) is 0. The Morgan fingerprint density at radius 2 is 1.25 bits per heavy atom. The van der Waals surface area contributed by atoms with Crippen LogP contribution in [0.2, 0.25) is 0 Å². The van der Waals surface area contributed by atoms with Crippen LogP contribution in [0.15, 0.2) is 45.6 Å². The Balaban J connectivity index is 0. The molecule has 0 radical (unpaired) electrons. The third kappa shape index (κ3) is 9.88. The third-order valence-electron chi connectivity index (χ3n) is 1.36. The maximum atomic E-state index is 9.86. The van der Waals surface area contributed by atoms with Crippen molar-refractivity contribution in [2.75, 3.05) is 0 Å². The van der Waals surface area contributed by atoms with Crippen LogP contribution < -0.4 is 18.4 Å². The zero-order valence-electron chi connectivity index (χ0n) is 9.94. The minimum Gasteiger partial charge on any atom is -0.527 e. The molecule has 0 saturated carbocycles. The van der Waals surface area contributed by atoms with Crippen LogP contribution in [-0.4, -0.2) is 61.6 Å². The first-order valence-corrected chi connectivity index (χ1v) is 6.87. The fourth-order valence-corrected chi connectivity index (χ4v) is 1.37. The number of hydrogen-bond donors (Lipinski definition) is 0. The van der Waals surface area contributed by atoms with Crippen molar-refractivity contribution in [3.63, 3.8) is 0 Å². The van der Waals surface area contributed by atoms with Gasteiger partial charge in [0.2, 0.25) is 11.9 Å². The average Bonchev–Trinajstić information content (AvgIpc) is 2.90.